The Morgan fingerprint density at radius 2 is 2.25 bits per heavy atom. The van der Waals surface area contributed by atoms with Gasteiger partial charge in [0.15, 0.2) is 0 Å². The second-order valence-corrected chi connectivity index (χ2v) is 4.82. The molecule has 1 heterocycles. The SMILES string of the molecule is CCOC(=O)N/N=C(/C)c1cc(C)sc1C. The van der Waals surface area contributed by atoms with Gasteiger partial charge in [-0.2, -0.15) is 5.10 Å². The van der Waals surface area contributed by atoms with Crippen molar-refractivity contribution in [2.45, 2.75) is 27.7 Å². The van der Waals surface area contributed by atoms with Crippen LogP contribution in [0.25, 0.3) is 0 Å². The fourth-order valence-corrected chi connectivity index (χ4v) is 2.32. The van der Waals surface area contributed by atoms with Crippen LogP contribution >= 0.6 is 11.3 Å². The Kier molecular flexibility index (Phi) is 4.49. The van der Waals surface area contributed by atoms with Crippen molar-refractivity contribution in [3.8, 4) is 0 Å². The van der Waals surface area contributed by atoms with Crippen molar-refractivity contribution in [2.75, 3.05) is 6.61 Å². The summed E-state index contributed by atoms with van der Waals surface area (Å²) in [6, 6.07) is 2.06. The number of carbonyl (C=O) groups is 1. The summed E-state index contributed by atoms with van der Waals surface area (Å²) in [6.45, 7) is 8.05. The molecule has 5 heteroatoms. The lowest BCUT2D eigenvalue weighted by molar-refractivity contribution is 0.152. The lowest BCUT2D eigenvalue weighted by Gasteiger charge is -2.02. The van der Waals surface area contributed by atoms with Crippen molar-refractivity contribution < 1.29 is 9.53 Å². The first-order chi connectivity index (χ1) is 7.54. The molecular weight excluding hydrogens is 224 g/mol. The minimum Gasteiger partial charge on any atom is -0.449 e. The van der Waals surface area contributed by atoms with Gasteiger partial charge in [-0.25, -0.2) is 10.2 Å². The number of nitrogens with zero attached hydrogens (tertiary/aromatic N) is 1. The van der Waals surface area contributed by atoms with Crippen molar-refractivity contribution in [2.24, 2.45) is 5.10 Å². The van der Waals surface area contributed by atoms with Crippen LogP contribution in [0.4, 0.5) is 4.79 Å². The number of rotatable bonds is 3. The number of nitrogens with one attached hydrogen (secondary N) is 1. The highest BCUT2D eigenvalue weighted by molar-refractivity contribution is 7.12. The van der Waals surface area contributed by atoms with Gasteiger partial charge in [-0.05, 0) is 33.8 Å². The average molecular weight is 240 g/mol. The highest BCUT2D eigenvalue weighted by atomic mass is 32.1. The van der Waals surface area contributed by atoms with Crippen LogP contribution in [-0.2, 0) is 4.74 Å². The molecular formula is C11H16N2O2S. The zero-order valence-electron chi connectivity index (χ0n) is 9.96. The maximum absolute atomic E-state index is 11.0. The third kappa shape index (κ3) is 3.34. The molecule has 4 nitrogen and oxygen atoms in total. The molecule has 0 fully saturated rings. The Morgan fingerprint density at radius 3 is 2.75 bits per heavy atom. The molecule has 1 aromatic heterocycles. The van der Waals surface area contributed by atoms with E-state index in [1.54, 1.807) is 18.3 Å². The molecule has 0 saturated carbocycles. The smallest absolute Gasteiger partial charge is 0.427 e. The van der Waals surface area contributed by atoms with Crippen LogP contribution in [0.1, 0.15) is 29.2 Å². The molecule has 1 N–H and O–H groups in total. The summed E-state index contributed by atoms with van der Waals surface area (Å²) in [6.07, 6.45) is -0.522. The van der Waals surface area contributed by atoms with Crippen LogP contribution in [0, 0.1) is 13.8 Å². The second kappa shape index (κ2) is 5.65. The van der Waals surface area contributed by atoms with E-state index >= 15 is 0 Å². The summed E-state index contributed by atoms with van der Waals surface area (Å²) in [5.41, 5.74) is 4.21. The number of amides is 1. The number of aryl methyl sites for hydroxylation is 2. The number of thiophene rings is 1. The number of hydrogen-bond acceptors (Lipinski definition) is 4. The van der Waals surface area contributed by atoms with E-state index in [9.17, 15) is 4.79 Å². The summed E-state index contributed by atoms with van der Waals surface area (Å²) >= 11 is 1.72. The van der Waals surface area contributed by atoms with Crippen molar-refractivity contribution in [1.82, 2.24) is 5.43 Å². The van der Waals surface area contributed by atoms with Crippen LogP contribution in [-0.4, -0.2) is 18.4 Å². The molecule has 0 radical (unpaired) electrons. The second-order valence-electron chi connectivity index (χ2n) is 3.36. The van der Waals surface area contributed by atoms with Gasteiger partial charge < -0.3 is 4.74 Å². The largest absolute Gasteiger partial charge is 0.449 e. The maximum Gasteiger partial charge on any atom is 0.427 e. The van der Waals surface area contributed by atoms with Gasteiger partial charge in [-0.15, -0.1) is 11.3 Å². The summed E-state index contributed by atoms with van der Waals surface area (Å²) in [5.74, 6) is 0. The van der Waals surface area contributed by atoms with Crippen molar-refractivity contribution in [3.63, 3.8) is 0 Å². The Balaban J connectivity index is 2.70. The third-order valence-corrected chi connectivity index (χ3v) is 2.99. The van der Waals surface area contributed by atoms with E-state index in [2.05, 4.69) is 16.6 Å². The lowest BCUT2D eigenvalue weighted by Crippen LogP contribution is -2.20. The molecule has 16 heavy (non-hydrogen) atoms. The number of ether oxygens (including phenoxy) is 1. The summed E-state index contributed by atoms with van der Waals surface area (Å²) in [5, 5.41) is 3.99. The molecule has 0 aliphatic heterocycles. The van der Waals surface area contributed by atoms with E-state index in [0.717, 1.165) is 11.3 Å². The van der Waals surface area contributed by atoms with Crippen LogP contribution in [0.15, 0.2) is 11.2 Å². The van der Waals surface area contributed by atoms with E-state index < -0.39 is 6.09 Å². The van der Waals surface area contributed by atoms with E-state index in [1.807, 2.05) is 20.8 Å². The summed E-state index contributed by atoms with van der Waals surface area (Å²) in [7, 11) is 0. The molecule has 0 aliphatic carbocycles. The topological polar surface area (TPSA) is 50.7 Å². The fraction of sp³-hybridized carbons (Fsp3) is 0.455. The van der Waals surface area contributed by atoms with Crippen LogP contribution < -0.4 is 5.43 Å². The Labute approximate surface area is 99.3 Å². The predicted octanol–water partition coefficient (Wildman–Crippen LogP) is 2.84. The van der Waals surface area contributed by atoms with E-state index in [4.69, 9.17) is 4.74 Å². The summed E-state index contributed by atoms with van der Waals surface area (Å²) in [4.78, 5) is 13.5. The molecule has 1 amide bonds. The lowest BCUT2D eigenvalue weighted by atomic mass is 10.2. The molecule has 0 bridgehead atoms. The van der Waals surface area contributed by atoms with E-state index in [0.29, 0.717) is 6.61 Å². The van der Waals surface area contributed by atoms with Crippen LogP contribution in [0.3, 0.4) is 0 Å². The zero-order valence-corrected chi connectivity index (χ0v) is 10.8. The molecule has 0 aromatic carbocycles. The number of hydrazone groups is 1. The standard InChI is InChI=1S/C11H16N2O2S/c1-5-15-11(14)13-12-8(3)10-6-7(2)16-9(10)4/h6H,5H2,1-4H3,(H,13,14)/b12-8-. The van der Waals surface area contributed by atoms with E-state index in [-0.39, 0.29) is 0 Å². The minimum atomic E-state index is -0.522. The normalized spacial score (nSPS) is 11.4. The molecule has 0 aliphatic rings. The van der Waals surface area contributed by atoms with Gasteiger partial charge in [0.25, 0.3) is 0 Å². The van der Waals surface area contributed by atoms with Crippen molar-refractivity contribution in [1.29, 1.82) is 0 Å². The van der Waals surface area contributed by atoms with Crippen molar-refractivity contribution >= 4 is 23.1 Å². The first kappa shape index (κ1) is 12.7. The van der Waals surface area contributed by atoms with E-state index in [1.165, 1.54) is 9.75 Å². The first-order valence-corrected chi connectivity index (χ1v) is 5.90. The Bertz CT molecular complexity index is 410. The van der Waals surface area contributed by atoms with Gasteiger partial charge in [0.2, 0.25) is 0 Å². The highest BCUT2D eigenvalue weighted by Crippen LogP contribution is 2.20. The molecule has 1 aromatic rings. The molecule has 88 valence electrons. The summed E-state index contributed by atoms with van der Waals surface area (Å²) < 4.78 is 4.71. The van der Waals surface area contributed by atoms with Gasteiger partial charge in [0.1, 0.15) is 0 Å². The molecule has 1 rings (SSSR count). The number of hydrogen-bond donors (Lipinski definition) is 1. The quantitative estimate of drug-likeness (QED) is 0.652. The van der Waals surface area contributed by atoms with Crippen molar-refractivity contribution in [3.05, 3.63) is 21.4 Å². The minimum absolute atomic E-state index is 0.344. The molecule has 0 unspecified atom stereocenters. The fourth-order valence-electron chi connectivity index (χ4n) is 1.34. The Hall–Kier alpha value is -1.36. The maximum atomic E-state index is 11.0. The Morgan fingerprint density at radius 1 is 1.56 bits per heavy atom. The number of carbonyl (C=O) groups excluding carboxylic acids is 1. The monoisotopic (exact) mass is 240 g/mol. The molecule has 0 spiro atoms. The molecule has 0 atom stereocenters. The van der Waals surface area contributed by atoms with Gasteiger partial charge in [-0.1, -0.05) is 0 Å². The average Bonchev–Trinajstić information content (AvgIpc) is 2.55. The van der Waals surface area contributed by atoms with Crippen LogP contribution in [0.2, 0.25) is 0 Å². The zero-order chi connectivity index (χ0) is 12.1. The third-order valence-electron chi connectivity index (χ3n) is 2.02. The molecule has 0 saturated heterocycles. The predicted molar refractivity (Wildman–Crippen MR) is 66.2 cm³/mol. The van der Waals surface area contributed by atoms with Crippen LogP contribution in [0.5, 0.6) is 0 Å². The van der Waals surface area contributed by atoms with Gasteiger partial charge >= 0.3 is 6.09 Å². The first-order valence-electron chi connectivity index (χ1n) is 5.09. The van der Waals surface area contributed by atoms with Gasteiger partial charge in [-0.3, -0.25) is 0 Å². The highest BCUT2D eigenvalue weighted by Gasteiger charge is 2.06. The van der Waals surface area contributed by atoms with Gasteiger partial charge in [0, 0.05) is 15.3 Å². The van der Waals surface area contributed by atoms with Gasteiger partial charge in [0.05, 0.1) is 12.3 Å².